The number of fused-ring (bicyclic) bond motifs is 1. The number of hydrogen-bond donors (Lipinski definition) is 0. The summed E-state index contributed by atoms with van der Waals surface area (Å²) in [6.45, 7) is 9.10. The molecule has 0 unspecified atom stereocenters. The van der Waals surface area contributed by atoms with Crippen LogP contribution in [0.25, 0.3) is 0 Å². The zero-order chi connectivity index (χ0) is 23.4. The molecule has 2 amide bonds. The van der Waals surface area contributed by atoms with Gasteiger partial charge in [0.05, 0.1) is 18.2 Å². The molecule has 0 aliphatic carbocycles. The van der Waals surface area contributed by atoms with E-state index in [9.17, 15) is 9.59 Å². The van der Waals surface area contributed by atoms with Crippen LogP contribution in [0.2, 0.25) is 0 Å². The van der Waals surface area contributed by atoms with Crippen molar-refractivity contribution in [3.63, 3.8) is 0 Å². The third-order valence-corrected chi connectivity index (χ3v) is 7.04. The average Bonchev–Trinajstić information content (AvgIpc) is 3.23. The lowest BCUT2D eigenvalue weighted by atomic mass is 9.91. The molecule has 3 atom stereocenters. The summed E-state index contributed by atoms with van der Waals surface area (Å²) in [7, 11) is 0. The van der Waals surface area contributed by atoms with E-state index in [4.69, 9.17) is 9.47 Å². The van der Waals surface area contributed by atoms with Gasteiger partial charge in [0.25, 0.3) is 0 Å². The number of benzene rings is 2. The summed E-state index contributed by atoms with van der Waals surface area (Å²) in [5.41, 5.74) is 0.932. The summed E-state index contributed by atoms with van der Waals surface area (Å²) in [6.07, 6.45) is -0.783. The molecule has 3 aliphatic heterocycles. The molecule has 0 saturated carbocycles. The molecule has 33 heavy (non-hydrogen) atoms. The predicted octanol–water partition coefficient (Wildman–Crippen LogP) is 3.76. The monoisotopic (exact) mass is 449 g/mol. The number of nitrogens with zero attached hydrogens (tertiary/aromatic N) is 3. The van der Waals surface area contributed by atoms with Crippen molar-refractivity contribution in [2.75, 3.05) is 13.2 Å². The molecule has 7 nitrogen and oxygen atoms in total. The van der Waals surface area contributed by atoms with Gasteiger partial charge in [-0.25, -0.2) is 4.79 Å². The van der Waals surface area contributed by atoms with E-state index < -0.39 is 23.4 Å². The normalized spacial score (nSPS) is 27.9. The molecule has 3 saturated heterocycles. The minimum Gasteiger partial charge on any atom is -0.444 e. The lowest BCUT2D eigenvalue weighted by molar-refractivity contribution is -0.184. The first-order chi connectivity index (χ1) is 15.7. The molecule has 3 fully saturated rings. The summed E-state index contributed by atoms with van der Waals surface area (Å²) in [6, 6.07) is 19.2. The Hall–Kier alpha value is -2.90. The Balaban J connectivity index is 1.42. The van der Waals surface area contributed by atoms with Crippen molar-refractivity contribution in [2.45, 2.75) is 63.8 Å². The molecule has 174 valence electrons. The van der Waals surface area contributed by atoms with Crippen LogP contribution in [0, 0.1) is 0 Å². The highest BCUT2D eigenvalue weighted by atomic mass is 16.6. The number of carbonyl (C=O) groups excluding carboxylic acids is 2. The van der Waals surface area contributed by atoms with Crippen LogP contribution in [-0.4, -0.2) is 63.3 Å². The summed E-state index contributed by atoms with van der Waals surface area (Å²) >= 11 is 0. The largest absolute Gasteiger partial charge is 0.444 e. The van der Waals surface area contributed by atoms with Crippen molar-refractivity contribution in [1.82, 2.24) is 14.7 Å². The number of rotatable bonds is 4. The van der Waals surface area contributed by atoms with E-state index in [1.165, 1.54) is 0 Å². The van der Waals surface area contributed by atoms with Gasteiger partial charge in [0.1, 0.15) is 24.5 Å². The molecule has 3 heterocycles. The van der Waals surface area contributed by atoms with Crippen molar-refractivity contribution in [1.29, 1.82) is 0 Å². The van der Waals surface area contributed by atoms with Gasteiger partial charge in [-0.1, -0.05) is 60.7 Å². The molecule has 3 aliphatic rings. The average molecular weight is 450 g/mol. The van der Waals surface area contributed by atoms with Crippen molar-refractivity contribution in [3.05, 3.63) is 71.8 Å². The van der Waals surface area contributed by atoms with Gasteiger partial charge in [-0.3, -0.25) is 14.6 Å². The number of β-lactam (4-membered cyclic amide) rings is 1. The van der Waals surface area contributed by atoms with Crippen LogP contribution in [0.4, 0.5) is 4.79 Å². The molecule has 2 aromatic rings. The van der Waals surface area contributed by atoms with Gasteiger partial charge in [-0.05, 0) is 38.8 Å². The zero-order valence-corrected chi connectivity index (χ0v) is 19.6. The minimum atomic E-state index is -0.640. The SMILES string of the molecule is CC1(C)CN(C(=O)OCc2ccccc2)[C@H]2[C@H](N3[C@@H](c4ccccc4)COC3(C)C)C(=O)N21. The Morgan fingerprint density at radius 3 is 2.33 bits per heavy atom. The molecule has 5 rings (SSSR count). The third-order valence-electron chi connectivity index (χ3n) is 7.04. The number of amides is 2. The van der Waals surface area contributed by atoms with Crippen LogP contribution >= 0.6 is 0 Å². The van der Waals surface area contributed by atoms with Crippen molar-refractivity contribution in [2.24, 2.45) is 0 Å². The molecule has 7 heteroatoms. The van der Waals surface area contributed by atoms with Gasteiger partial charge in [-0.2, -0.15) is 0 Å². The Bertz CT molecular complexity index is 1040. The highest BCUT2D eigenvalue weighted by molar-refractivity contribution is 5.92. The fraction of sp³-hybridized carbons (Fsp3) is 0.462. The maximum atomic E-state index is 13.5. The fourth-order valence-corrected chi connectivity index (χ4v) is 5.52. The van der Waals surface area contributed by atoms with Crippen molar-refractivity contribution in [3.8, 4) is 0 Å². The van der Waals surface area contributed by atoms with Crippen LogP contribution in [0.5, 0.6) is 0 Å². The lowest BCUT2D eigenvalue weighted by Gasteiger charge is -2.54. The van der Waals surface area contributed by atoms with E-state index in [0.29, 0.717) is 13.2 Å². The topological polar surface area (TPSA) is 62.3 Å². The van der Waals surface area contributed by atoms with E-state index in [-0.39, 0.29) is 24.7 Å². The highest BCUT2D eigenvalue weighted by Crippen LogP contribution is 2.48. The van der Waals surface area contributed by atoms with Gasteiger partial charge in [-0.15, -0.1) is 0 Å². The van der Waals surface area contributed by atoms with Gasteiger partial charge < -0.3 is 14.4 Å². The van der Waals surface area contributed by atoms with E-state index in [0.717, 1.165) is 11.1 Å². The molecular weight excluding hydrogens is 418 g/mol. The van der Waals surface area contributed by atoms with Gasteiger partial charge >= 0.3 is 6.09 Å². The van der Waals surface area contributed by atoms with E-state index in [1.54, 1.807) is 4.90 Å². The lowest BCUT2D eigenvalue weighted by Crippen LogP contribution is -2.76. The number of carbonyl (C=O) groups is 2. The highest BCUT2D eigenvalue weighted by Gasteiger charge is 2.67. The second kappa shape index (κ2) is 7.85. The maximum absolute atomic E-state index is 13.5. The smallest absolute Gasteiger partial charge is 0.411 e. The molecule has 0 bridgehead atoms. The van der Waals surface area contributed by atoms with Crippen LogP contribution in [0.15, 0.2) is 60.7 Å². The van der Waals surface area contributed by atoms with Crippen LogP contribution in [0.1, 0.15) is 44.9 Å². The Morgan fingerprint density at radius 1 is 1.03 bits per heavy atom. The van der Waals surface area contributed by atoms with E-state index in [1.807, 2.05) is 81.1 Å². The molecule has 2 aromatic carbocycles. The van der Waals surface area contributed by atoms with E-state index in [2.05, 4.69) is 17.0 Å². The van der Waals surface area contributed by atoms with Gasteiger partial charge in [0, 0.05) is 6.54 Å². The minimum absolute atomic E-state index is 0.0304. The zero-order valence-electron chi connectivity index (χ0n) is 19.6. The van der Waals surface area contributed by atoms with Crippen molar-refractivity contribution < 1.29 is 19.1 Å². The second-order valence-corrected chi connectivity index (χ2v) is 10.1. The summed E-state index contributed by atoms with van der Waals surface area (Å²) in [5, 5.41) is 0. The van der Waals surface area contributed by atoms with Crippen molar-refractivity contribution >= 4 is 12.0 Å². The molecule has 0 radical (unpaired) electrons. The fourth-order valence-electron chi connectivity index (χ4n) is 5.52. The Morgan fingerprint density at radius 2 is 1.67 bits per heavy atom. The van der Waals surface area contributed by atoms with Gasteiger partial charge in [0.15, 0.2) is 0 Å². The second-order valence-electron chi connectivity index (χ2n) is 10.1. The van der Waals surface area contributed by atoms with Crippen LogP contribution < -0.4 is 0 Å². The number of hydrogen-bond acceptors (Lipinski definition) is 5. The molecule has 0 N–H and O–H groups in total. The van der Waals surface area contributed by atoms with E-state index >= 15 is 0 Å². The summed E-state index contributed by atoms with van der Waals surface area (Å²) < 4.78 is 11.8. The molecule has 0 aromatic heterocycles. The third kappa shape index (κ3) is 3.60. The summed E-state index contributed by atoms with van der Waals surface area (Å²) in [5.74, 6) is 0.0304. The van der Waals surface area contributed by atoms with Gasteiger partial charge in [0.2, 0.25) is 5.91 Å². The maximum Gasteiger partial charge on any atom is 0.411 e. The number of ether oxygens (including phenoxy) is 2. The first-order valence-electron chi connectivity index (χ1n) is 11.5. The first kappa shape index (κ1) is 21.9. The van der Waals surface area contributed by atoms with Crippen LogP contribution in [0.3, 0.4) is 0 Å². The Kier molecular flexibility index (Phi) is 5.21. The van der Waals surface area contributed by atoms with Crippen LogP contribution in [-0.2, 0) is 20.9 Å². The predicted molar refractivity (Wildman–Crippen MR) is 123 cm³/mol. The molecular formula is C26H31N3O4. The standard InChI is InChI=1S/C26H31N3O4/c1-25(2)17-27(24(31)32-15-18-11-7-5-8-12-18)22-21(23(30)29(22)25)28-20(16-33-26(28,3)4)19-13-9-6-10-14-19/h5-14,20-22H,15-17H2,1-4H3/t20-,21+,22-/m1/s1. The Labute approximate surface area is 194 Å². The quantitative estimate of drug-likeness (QED) is 0.665. The molecule has 0 spiro atoms. The summed E-state index contributed by atoms with van der Waals surface area (Å²) in [4.78, 5) is 32.4. The first-order valence-corrected chi connectivity index (χ1v) is 11.5.